The molecule has 0 aromatic heterocycles. The van der Waals surface area contributed by atoms with Crippen molar-refractivity contribution in [3.05, 3.63) is 11.5 Å². The molecule has 0 saturated carbocycles. The van der Waals surface area contributed by atoms with E-state index in [0.29, 0.717) is 6.54 Å². The molecule has 0 bridgehead atoms. The fourth-order valence-corrected chi connectivity index (χ4v) is 0.783. The second-order valence-electron chi connectivity index (χ2n) is 1.27. The molecule has 0 spiro atoms. The Balaban J connectivity index is 3.37. The molecule has 9 heavy (non-hydrogen) atoms. The number of hydrogen-bond acceptors (Lipinski definition) is 2. The van der Waals surface area contributed by atoms with Crippen molar-refractivity contribution >= 4 is 15.1 Å². The third-order valence-corrected chi connectivity index (χ3v) is 1.43. The molecule has 0 aliphatic carbocycles. The molecule has 2 nitrogen and oxygen atoms in total. The van der Waals surface area contributed by atoms with E-state index >= 15 is 0 Å². The van der Waals surface area contributed by atoms with Crippen LogP contribution < -0.4 is 5.32 Å². The second-order valence-corrected chi connectivity index (χ2v) is 2.73. The van der Waals surface area contributed by atoms with Crippen molar-refractivity contribution in [3.8, 4) is 0 Å². The molecule has 0 fully saturated rings. The van der Waals surface area contributed by atoms with Crippen LogP contribution in [0.1, 0.15) is 6.92 Å². The maximum atomic E-state index is 10.6. The first-order chi connectivity index (χ1) is 4.31. The Labute approximate surface area is 70.0 Å². The zero-order valence-electron chi connectivity index (χ0n) is 4.98. The second kappa shape index (κ2) is 6.42. The summed E-state index contributed by atoms with van der Waals surface area (Å²) in [5.41, 5.74) is 0. The van der Waals surface area contributed by atoms with Crippen LogP contribution in [0.15, 0.2) is 11.5 Å². The van der Waals surface area contributed by atoms with Gasteiger partial charge in [0.05, 0.1) is 0 Å². The molecular formula is C5H8AgNOS. The average molecular weight is 238 g/mol. The van der Waals surface area contributed by atoms with E-state index in [-0.39, 0.29) is 5.91 Å². The molecule has 0 radical (unpaired) electrons. The van der Waals surface area contributed by atoms with Crippen molar-refractivity contribution in [2.75, 3.05) is 6.54 Å². The van der Waals surface area contributed by atoms with Crippen molar-refractivity contribution in [2.24, 2.45) is 0 Å². The summed E-state index contributed by atoms with van der Waals surface area (Å²) in [5.74, 6) is -0.0518. The van der Waals surface area contributed by atoms with Gasteiger partial charge in [0.15, 0.2) is 0 Å². The Morgan fingerprint density at radius 3 is 3.00 bits per heavy atom. The molecule has 0 aromatic rings. The van der Waals surface area contributed by atoms with Crippen molar-refractivity contribution in [2.45, 2.75) is 6.92 Å². The normalized spacial score (nSPS) is 10.1. The van der Waals surface area contributed by atoms with Crippen LogP contribution in [0.4, 0.5) is 0 Å². The number of likely N-dealkylation sites (N-methyl/N-ethyl adjacent to an activating group) is 1. The number of nitrogens with one attached hydrogen (secondary N) is 1. The Hall–Kier alpha value is 0.300. The first kappa shape index (κ1) is 9.30. The third-order valence-electron chi connectivity index (χ3n) is 0.611. The van der Waals surface area contributed by atoms with Gasteiger partial charge in [-0.1, -0.05) is 0 Å². The first-order valence-electron chi connectivity index (χ1n) is 2.50. The summed E-state index contributed by atoms with van der Waals surface area (Å²) < 4.78 is 0. The van der Waals surface area contributed by atoms with E-state index in [0.717, 1.165) is 0 Å². The summed E-state index contributed by atoms with van der Waals surface area (Å²) in [6.07, 6.45) is 1.47. The van der Waals surface area contributed by atoms with E-state index in [1.807, 2.05) is 6.92 Å². The number of carbonyl (C=O) groups excluding carboxylic acids is 1. The van der Waals surface area contributed by atoms with Gasteiger partial charge >= 0.3 is 69.9 Å². The Morgan fingerprint density at radius 1 is 1.89 bits per heavy atom. The molecule has 0 saturated heterocycles. The molecule has 0 aromatic carbocycles. The van der Waals surface area contributed by atoms with Crippen LogP contribution >= 0.6 is 9.23 Å². The fraction of sp³-hybridized carbons (Fsp3) is 0.400. The van der Waals surface area contributed by atoms with Gasteiger partial charge in [-0.2, -0.15) is 0 Å². The zero-order chi connectivity index (χ0) is 7.11. The summed E-state index contributed by atoms with van der Waals surface area (Å²) in [5, 5.41) is 4.29. The van der Waals surface area contributed by atoms with Crippen molar-refractivity contribution in [3.63, 3.8) is 0 Å². The molecule has 0 aliphatic heterocycles. The Morgan fingerprint density at radius 2 is 2.56 bits per heavy atom. The number of carbonyl (C=O) groups is 1. The molecule has 4 heteroatoms. The molecule has 1 amide bonds. The first-order valence-corrected chi connectivity index (χ1v) is 5.03. The summed E-state index contributed by atoms with van der Waals surface area (Å²) in [4.78, 5) is 10.6. The van der Waals surface area contributed by atoms with E-state index in [1.54, 1.807) is 5.41 Å². The molecule has 1 N–H and O–H groups in total. The van der Waals surface area contributed by atoms with Gasteiger partial charge in [0.1, 0.15) is 0 Å². The zero-order valence-corrected chi connectivity index (χ0v) is 7.28. The molecule has 0 unspecified atom stereocenters. The van der Waals surface area contributed by atoms with E-state index < -0.39 is 0 Å². The van der Waals surface area contributed by atoms with E-state index in [1.165, 1.54) is 15.3 Å². The van der Waals surface area contributed by atoms with Crippen LogP contribution in [0.5, 0.6) is 0 Å². The van der Waals surface area contributed by atoms with Gasteiger partial charge < -0.3 is 0 Å². The molecule has 0 rings (SSSR count). The monoisotopic (exact) mass is 237 g/mol. The molecule has 0 heterocycles. The quantitative estimate of drug-likeness (QED) is 0.582. The molecular weight excluding hydrogens is 230 g/mol. The average Bonchev–Trinajstić information content (AvgIpc) is 1.85. The van der Waals surface area contributed by atoms with Gasteiger partial charge in [-0.15, -0.1) is 0 Å². The van der Waals surface area contributed by atoms with Crippen LogP contribution in [0.3, 0.4) is 0 Å². The topological polar surface area (TPSA) is 29.1 Å². The molecule has 56 valence electrons. The van der Waals surface area contributed by atoms with Gasteiger partial charge in [0.2, 0.25) is 0 Å². The maximum absolute atomic E-state index is 10.6. The summed E-state index contributed by atoms with van der Waals surface area (Å²) in [6, 6.07) is 0. The van der Waals surface area contributed by atoms with E-state index in [4.69, 9.17) is 0 Å². The Kier molecular flexibility index (Phi) is 6.63. The number of rotatable bonds is 3. The Bertz CT molecular complexity index is 116. The number of hydrogen-bond donors (Lipinski definition) is 1. The standard InChI is InChI=1S/C5H9NOS.Ag/c1-2-6-5(7)3-4-8;/h3-4,8H,2H2,1H3,(H,6,7);/q;+1/p-1. The minimum atomic E-state index is -0.0518. The minimum absolute atomic E-state index is 0.0518. The van der Waals surface area contributed by atoms with Crippen LogP contribution in [0.2, 0.25) is 0 Å². The van der Waals surface area contributed by atoms with Crippen molar-refractivity contribution in [1.29, 1.82) is 0 Å². The predicted molar refractivity (Wildman–Crippen MR) is 35.4 cm³/mol. The van der Waals surface area contributed by atoms with Gasteiger partial charge in [0, 0.05) is 0 Å². The van der Waals surface area contributed by atoms with Crippen LogP contribution in [0.25, 0.3) is 0 Å². The third kappa shape index (κ3) is 6.18. The van der Waals surface area contributed by atoms with E-state index in [2.05, 4.69) is 25.1 Å². The van der Waals surface area contributed by atoms with Gasteiger partial charge in [-0.25, -0.2) is 0 Å². The molecule has 0 aliphatic rings. The SMILES string of the molecule is CCNC(=O)C=C[S][Ag]. The van der Waals surface area contributed by atoms with Crippen molar-refractivity contribution < 1.29 is 24.5 Å². The van der Waals surface area contributed by atoms with E-state index in [9.17, 15) is 4.79 Å². The van der Waals surface area contributed by atoms with Crippen molar-refractivity contribution in [1.82, 2.24) is 5.32 Å². The summed E-state index contributed by atoms with van der Waals surface area (Å²) in [7, 11) is 1.32. The summed E-state index contributed by atoms with van der Waals surface area (Å²) >= 11 is 3.09. The molecule has 0 atom stereocenters. The van der Waals surface area contributed by atoms with Gasteiger partial charge in [0.25, 0.3) is 0 Å². The van der Waals surface area contributed by atoms with Crippen LogP contribution in [0, 0.1) is 0 Å². The number of amides is 1. The predicted octanol–water partition coefficient (Wildman–Crippen LogP) is 0.831. The fourth-order valence-electron chi connectivity index (χ4n) is 0.315. The summed E-state index contributed by atoms with van der Waals surface area (Å²) in [6.45, 7) is 2.56. The van der Waals surface area contributed by atoms with Gasteiger partial charge in [-0.05, 0) is 0 Å². The van der Waals surface area contributed by atoms with Crippen LogP contribution in [-0.2, 0) is 24.5 Å². The van der Waals surface area contributed by atoms with Crippen LogP contribution in [-0.4, -0.2) is 12.5 Å². The van der Waals surface area contributed by atoms with Gasteiger partial charge in [-0.3, -0.25) is 0 Å².